The molecule has 0 unspecified atom stereocenters. The third-order valence-corrected chi connectivity index (χ3v) is 3.59. The molecule has 2 aromatic rings. The fourth-order valence-corrected chi connectivity index (χ4v) is 2.52. The van der Waals surface area contributed by atoms with Crippen molar-refractivity contribution in [3.63, 3.8) is 0 Å². The number of carbonyl (C=O) groups excluding carboxylic acids is 1. The molecule has 0 saturated heterocycles. The van der Waals surface area contributed by atoms with Crippen molar-refractivity contribution < 1.29 is 4.79 Å². The van der Waals surface area contributed by atoms with E-state index in [0.717, 1.165) is 17.3 Å². The number of amides is 1. The average Bonchev–Trinajstić information content (AvgIpc) is 2.42. The lowest BCUT2D eigenvalue weighted by molar-refractivity contribution is 0.0683. The number of hydrogen-bond donors (Lipinski definition) is 1. The number of nitrogens with zero attached hydrogens (tertiary/aromatic N) is 1. The average molecular weight is 284 g/mol. The van der Waals surface area contributed by atoms with Gasteiger partial charge in [0.2, 0.25) is 0 Å². The quantitative estimate of drug-likeness (QED) is 0.865. The maximum Gasteiger partial charge on any atom is 0.256 e. The van der Waals surface area contributed by atoms with Gasteiger partial charge in [-0.1, -0.05) is 38.1 Å². The van der Waals surface area contributed by atoms with Crippen molar-refractivity contribution >= 4 is 22.4 Å². The molecule has 0 aliphatic heterocycles. The number of rotatable bonds is 4. The molecule has 0 bridgehead atoms. The molecule has 0 aliphatic carbocycles. The van der Waals surface area contributed by atoms with Gasteiger partial charge in [-0.2, -0.15) is 0 Å². The number of fused-ring (bicyclic) bond motifs is 1. The van der Waals surface area contributed by atoms with Gasteiger partial charge in [0.1, 0.15) is 0 Å². The maximum absolute atomic E-state index is 12.8. The monoisotopic (exact) mass is 284 g/mol. The molecule has 112 valence electrons. The number of nitrogen functional groups attached to an aromatic ring is 1. The lowest BCUT2D eigenvalue weighted by Gasteiger charge is -2.29. The molecule has 0 aliphatic rings. The summed E-state index contributed by atoms with van der Waals surface area (Å²) >= 11 is 0. The highest BCUT2D eigenvalue weighted by atomic mass is 16.2. The topological polar surface area (TPSA) is 46.3 Å². The predicted octanol–water partition coefficient (Wildman–Crippen LogP) is 3.93. The smallest absolute Gasteiger partial charge is 0.256 e. The van der Waals surface area contributed by atoms with Gasteiger partial charge in [0, 0.05) is 18.3 Å². The Bertz CT molecular complexity index is 647. The number of carbonyl (C=O) groups is 1. The summed E-state index contributed by atoms with van der Waals surface area (Å²) in [6.07, 6.45) is 0. The van der Waals surface area contributed by atoms with Crippen LogP contribution in [0.2, 0.25) is 0 Å². The van der Waals surface area contributed by atoms with Crippen LogP contribution in [0.3, 0.4) is 0 Å². The number of anilines is 1. The van der Waals surface area contributed by atoms with Crippen LogP contribution < -0.4 is 5.73 Å². The molecule has 0 radical (unpaired) electrons. The van der Waals surface area contributed by atoms with Crippen LogP contribution in [0.25, 0.3) is 10.8 Å². The van der Waals surface area contributed by atoms with Crippen molar-refractivity contribution in [3.05, 3.63) is 42.0 Å². The van der Waals surface area contributed by atoms with Gasteiger partial charge in [-0.25, -0.2) is 0 Å². The first-order valence-corrected chi connectivity index (χ1v) is 7.49. The van der Waals surface area contributed by atoms with Crippen molar-refractivity contribution in [3.8, 4) is 0 Å². The summed E-state index contributed by atoms with van der Waals surface area (Å²) < 4.78 is 0. The summed E-state index contributed by atoms with van der Waals surface area (Å²) in [7, 11) is 0. The highest BCUT2D eigenvalue weighted by molar-refractivity contribution is 6.04. The summed E-state index contributed by atoms with van der Waals surface area (Å²) in [5.74, 6) is 0.444. The molecule has 1 amide bonds. The summed E-state index contributed by atoms with van der Waals surface area (Å²) in [6, 6.07) is 11.9. The second-order valence-corrected chi connectivity index (χ2v) is 6.23. The van der Waals surface area contributed by atoms with Crippen LogP contribution in [-0.4, -0.2) is 23.4 Å². The lowest BCUT2D eigenvalue weighted by Crippen LogP contribution is -2.39. The molecule has 0 aromatic heterocycles. The molecular weight excluding hydrogens is 260 g/mol. The largest absolute Gasteiger partial charge is 0.398 e. The van der Waals surface area contributed by atoms with Crippen LogP contribution in [0.15, 0.2) is 36.4 Å². The Labute approximate surface area is 126 Å². The maximum atomic E-state index is 12.8. The Balaban J connectivity index is 2.43. The second-order valence-electron chi connectivity index (χ2n) is 6.23. The summed E-state index contributed by atoms with van der Waals surface area (Å²) in [5, 5.41) is 2.11. The van der Waals surface area contributed by atoms with Gasteiger partial charge in [-0.3, -0.25) is 4.79 Å². The Morgan fingerprint density at radius 1 is 1.10 bits per heavy atom. The minimum Gasteiger partial charge on any atom is -0.398 e. The van der Waals surface area contributed by atoms with Crippen LogP contribution in [0.4, 0.5) is 5.69 Å². The normalized spacial score (nSPS) is 11.3. The van der Waals surface area contributed by atoms with E-state index in [1.54, 1.807) is 0 Å². The van der Waals surface area contributed by atoms with Gasteiger partial charge in [0.15, 0.2) is 0 Å². The molecule has 2 N–H and O–H groups in total. The Hall–Kier alpha value is -2.03. The second kappa shape index (κ2) is 6.17. The molecule has 2 rings (SSSR count). The van der Waals surface area contributed by atoms with E-state index >= 15 is 0 Å². The standard InChI is InChI=1S/C18H24N2O/c1-12(2)11-20(13(3)4)18(21)16-9-14-7-5-6-8-15(14)10-17(16)19/h5-10,12-13H,11,19H2,1-4H3. The van der Waals surface area contributed by atoms with Crippen molar-refractivity contribution in [1.82, 2.24) is 4.90 Å². The molecule has 3 nitrogen and oxygen atoms in total. The molecule has 0 atom stereocenters. The molecule has 3 heteroatoms. The van der Waals surface area contributed by atoms with Crippen LogP contribution in [-0.2, 0) is 0 Å². The van der Waals surface area contributed by atoms with Crippen LogP contribution >= 0.6 is 0 Å². The van der Waals surface area contributed by atoms with Crippen LogP contribution in [0.5, 0.6) is 0 Å². The molecule has 0 spiro atoms. The van der Waals surface area contributed by atoms with Gasteiger partial charge in [0.25, 0.3) is 5.91 Å². The van der Waals surface area contributed by atoms with E-state index in [-0.39, 0.29) is 11.9 Å². The Morgan fingerprint density at radius 2 is 1.67 bits per heavy atom. The first kappa shape index (κ1) is 15.4. The number of hydrogen-bond acceptors (Lipinski definition) is 2. The molecule has 0 heterocycles. The zero-order chi connectivity index (χ0) is 15.6. The van der Waals surface area contributed by atoms with Gasteiger partial charge in [0.05, 0.1) is 5.56 Å². The third-order valence-electron chi connectivity index (χ3n) is 3.59. The summed E-state index contributed by atoms with van der Waals surface area (Å²) in [4.78, 5) is 14.7. The van der Waals surface area contributed by atoms with Gasteiger partial charge in [-0.05, 0) is 42.7 Å². The minimum absolute atomic E-state index is 0.0157. The fraction of sp³-hybridized carbons (Fsp3) is 0.389. The fourth-order valence-electron chi connectivity index (χ4n) is 2.52. The van der Waals surface area contributed by atoms with Crippen molar-refractivity contribution in [2.45, 2.75) is 33.7 Å². The SMILES string of the molecule is CC(C)CN(C(=O)c1cc2ccccc2cc1N)C(C)C. The molecular formula is C18H24N2O. The van der Waals surface area contributed by atoms with Crippen LogP contribution in [0.1, 0.15) is 38.1 Å². The van der Waals surface area contributed by atoms with Crippen molar-refractivity contribution in [2.75, 3.05) is 12.3 Å². The van der Waals surface area contributed by atoms with Crippen LogP contribution in [0, 0.1) is 5.92 Å². The molecule has 0 saturated carbocycles. The Morgan fingerprint density at radius 3 is 2.19 bits per heavy atom. The zero-order valence-electron chi connectivity index (χ0n) is 13.3. The van der Waals surface area contributed by atoms with E-state index in [1.165, 1.54) is 0 Å². The lowest BCUT2D eigenvalue weighted by atomic mass is 10.0. The highest BCUT2D eigenvalue weighted by Crippen LogP contribution is 2.24. The molecule has 0 fully saturated rings. The number of benzene rings is 2. The zero-order valence-corrected chi connectivity index (χ0v) is 13.3. The predicted molar refractivity (Wildman–Crippen MR) is 89.4 cm³/mol. The van der Waals surface area contributed by atoms with E-state index < -0.39 is 0 Å². The first-order chi connectivity index (χ1) is 9.90. The van der Waals surface area contributed by atoms with Crippen molar-refractivity contribution in [2.24, 2.45) is 5.92 Å². The van der Waals surface area contributed by atoms with E-state index in [2.05, 4.69) is 13.8 Å². The van der Waals surface area contributed by atoms with Gasteiger partial charge < -0.3 is 10.6 Å². The third kappa shape index (κ3) is 3.35. The summed E-state index contributed by atoms with van der Waals surface area (Å²) in [6.45, 7) is 9.05. The van der Waals surface area contributed by atoms with Gasteiger partial charge in [-0.15, -0.1) is 0 Å². The van der Waals surface area contributed by atoms with E-state index in [0.29, 0.717) is 17.2 Å². The number of nitrogens with two attached hydrogens (primary N) is 1. The Kier molecular flexibility index (Phi) is 4.51. The van der Waals surface area contributed by atoms with E-state index in [1.807, 2.05) is 55.1 Å². The summed E-state index contributed by atoms with van der Waals surface area (Å²) in [5.41, 5.74) is 7.26. The van der Waals surface area contributed by atoms with E-state index in [4.69, 9.17) is 5.73 Å². The minimum atomic E-state index is 0.0157. The highest BCUT2D eigenvalue weighted by Gasteiger charge is 2.21. The molecule has 21 heavy (non-hydrogen) atoms. The van der Waals surface area contributed by atoms with Crippen molar-refractivity contribution in [1.29, 1.82) is 0 Å². The van der Waals surface area contributed by atoms with Gasteiger partial charge >= 0.3 is 0 Å². The first-order valence-electron chi connectivity index (χ1n) is 7.49. The van der Waals surface area contributed by atoms with E-state index in [9.17, 15) is 4.79 Å². The molecule has 2 aromatic carbocycles.